The lowest BCUT2D eigenvalue weighted by Crippen LogP contribution is -2.51. The lowest BCUT2D eigenvalue weighted by atomic mass is 10.1. The molecule has 4 rings (SSSR count). The van der Waals surface area contributed by atoms with Crippen molar-refractivity contribution in [2.45, 2.75) is 17.2 Å². The smallest absolute Gasteiger partial charge is 0.289 e. The molecular weight excluding hydrogens is 430 g/mol. The van der Waals surface area contributed by atoms with E-state index >= 15 is 0 Å². The molecule has 8 nitrogen and oxygen atoms in total. The summed E-state index contributed by atoms with van der Waals surface area (Å²) in [7, 11) is -4.01. The van der Waals surface area contributed by atoms with E-state index in [1.165, 1.54) is 28.6 Å². The summed E-state index contributed by atoms with van der Waals surface area (Å²) < 4.78 is 27.0. The van der Waals surface area contributed by atoms with Gasteiger partial charge in [-0.25, -0.2) is 8.42 Å². The fourth-order valence-electron chi connectivity index (χ4n) is 3.89. The number of carbonyl (C=O) groups is 1. The summed E-state index contributed by atoms with van der Waals surface area (Å²) in [5.74, 6) is 0.103. The highest BCUT2D eigenvalue weighted by Crippen LogP contribution is 2.48. The van der Waals surface area contributed by atoms with Crippen molar-refractivity contribution >= 4 is 33.2 Å². The van der Waals surface area contributed by atoms with Gasteiger partial charge in [0.05, 0.1) is 4.92 Å². The highest BCUT2D eigenvalue weighted by atomic mass is 35.5. The monoisotopic (exact) mass is 449 g/mol. The van der Waals surface area contributed by atoms with E-state index in [1.807, 2.05) is 24.3 Å². The van der Waals surface area contributed by atoms with Crippen LogP contribution in [0.2, 0.25) is 5.02 Å². The standard InChI is InChI=1S/C20H20ClN3O5S/c21-15-7-5-14(6-8-15)16-13-17(16)20(25)22-9-11-23(12-10-22)30(28,29)19-4-2-1-3-18(19)24(26)27/h1-8,16-17H,9-13H2. The van der Waals surface area contributed by atoms with E-state index in [-0.39, 0.29) is 48.8 Å². The van der Waals surface area contributed by atoms with Crippen molar-refractivity contribution in [1.29, 1.82) is 0 Å². The molecule has 0 aromatic heterocycles. The minimum Gasteiger partial charge on any atom is -0.340 e. The van der Waals surface area contributed by atoms with Crippen LogP contribution in [0.25, 0.3) is 0 Å². The van der Waals surface area contributed by atoms with E-state index in [2.05, 4.69) is 0 Å². The van der Waals surface area contributed by atoms with Crippen molar-refractivity contribution < 1.29 is 18.1 Å². The third-order valence-corrected chi connectivity index (χ3v) is 7.83. The lowest BCUT2D eigenvalue weighted by Gasteiger charge is -2.34. The van der Waals surface area contributed by atoms with Gasteiger partial charge in [0.2, 0.25) is 15.9 Å². The Morgan fingerprint density at radius 2 is 1.67 bits per heavy atom. The van der Waals surface area contributed by atoms with E-state index in [4.69, 9.17) is 11.6 Å². The van der Waals surface area contributed by atoms with Gasteiger partial charge >= 0.3 is 0 Å². The highest BCUT2D eigenvalue weighted by molar-refractivity contribution is 7.89. The van der Waals surface area contributed by atoms with E-state index in [0.29, 0.717) is 5.02 Å². The van der Waals surface area contributed by atoms with Crippen LogP contribution in [0, 0.1) is 16.0 Å². The fourth-order valence-corrected chi connectivity index (χ4v) is 5.60. The van der Waals surface area contributed by atoms with Crippen LogP contribution in [-0.2, 0) is 14.8 Å². The van der Waals surface area contributed by atoms with Gasteiger partial charge in [-0.1, -0.05) is 35.9 Å². The number of hydrogen-bond donors (Lipinski definition) is 0. The number of para-hydroxylation sites is 1. The first-order valence-electron chi connectivity index (χ1n) is 9.57. The first-order valence-corrected chi connectivity index (χ1v) is 11.4. The van der Waals surface area contributed by atoms with Crippen LogP contribution >= 0.6 is 11.6 Å². The number of carbonyl (C=O) groups excluding carboxylic acids is 1. The molecule has 1 aliphatic carbocycles. The second kappa shape index (κ2) is 7.98. The SMILES string of the molecule is O=C(C1CC1c1ccc(Cl)cc1)N1CCN(S(=O)(=O)c2ccccc2[N+](=O)[O-])CC1. The van der Waals surface area contributed by atoms with Gasteiger partial charge in [0.1, 0.15) is 0 Å². The molecule has 2 fully saturated rings. The number of nitrogens with zero attached hydrogens (tertiary/aromatic N) is 3. The molecule has 1 saturated heterocycles. The van der Waals surface area contributed by atoms with Gasteiger partial charge < -0.3 is 4.90 Å². The summed E-state index contributed by atoms with van der Waals surface area (Å²) >= 11 is 5.91. The maximum absolute atomic E-state index is 12.9. The lowest BCUT2D eigenvalue weighted by molar-refractivity contribution is -0.387. The molecule has 1 saturated carbocycles. The van der Waals surface area contributed by atoms with Gasteiger partial charge in [-0.15, -0.1) is 0 Å². The molecule has 0 radical (unpaired) electrons. The van der Waals surface area contributed by atoms with Crippen molar-refractivity contribution in [2.24, 2.45) is 5.92 Å². The van der Waals surface area contributed by atoms with Crippen LogP contribution in [0.1, 0.15) is 17.9 Å². The minimum atomic E-state index is -4.01. The Hall–Kier alpha value is -2.49. The first-order chi connectivity index (χ1) is 14.3. The van der Waals surface area contributed by atoms with E-state index in [1.54, 1.807) is 4.90 Å². The van der Waals surface area contributed by atoms with E-state index < -0.39 is 20.6 Å². The number of rotatable bonds is 5. The minimum absolute atomic E-state index is 0.0256. The number of nitro groups is 1. The summed E-state index contributed by atoms with van der Waals surface area (Å²) in [5.41, 5.74) is 0.634. The summed E-state index contributed by atoms with van der Waals surface area (Å²) in [6, 6.07) is 12.8. The first kappa shape index (κ1) is 20.8. The molecule has 0 spiro atoms. The molecular formula is C20H20ClN3O5S. The van der Waals surface area contributed by atoms with Crippen molar-refractivity contribution in [2.75, 3.05) is 26.2 Å². The van der Waals surface area contributed by atoms with Crippen LogP contribution in [0.15, 0.2) is 53.4 Å². The van der Waals surface area contributed by atoms with Gasteiger partial charge in [0, 0.05) is 43.2 Å². The fraction of sp³-hybridized carbons (Fsp3) is 0.350. The Labute approximate surface area is 179 Å². The molecule has 1 heterocycles. The molecule has 30 heavy (non-hydrogen) atoms. The maximum atomic E-state index is 12.9. The Bertz CT molecular complexity index is 1080. The molecule has 0 bridgehead atoms. The van der Waals surface area contributed by atoms with E-state index in [9.17, 15) is 23.3 Å². The molecule has 2 aromatic carbocycles. The van der Waals surface area contributed by atoms with Gasteiger partial charge in [-0.2, -0.15) is 4.31 Å². The number of sulfonamides is 1. The second-order valence-corrected chi connectivity index (χ2v) is 9.80. The predicted molar refractivity (Wildman–Crippen MR) is 111 cm³/mol. The molecule has 158 valence electrons. The van der Waals surface area contributed by atoms with Crippen LogP contribution in [0.4, 0.5) is 5.69 Å². The molecule has 1 amide bonds. The number of benzene rings is 2. The number of amides is 1. The quantitative estimate of drug-likeness (QED) is 0.516. The van der Waals surface area contributed by atoms with Crippen LogP contribution in [0.3, 0.4) is 0 Å². The normalized spacial score (nSPS) is 22.0. The number of halogens is 1. The Kier molecular flexibility index (Phi) is 5.52. The third kappa shape index (κ3) is 3.92. The zero-order valence-electron chi connectivity index (χ0n) is 16.0. The van der Waals surface area contributed by atoms with Crippen molar-refractivity contribution in [1.82, 2.24) is 9.21 Å². The average Bonchev–Trinajstić information content (AvgIpc) is 3.54. The van der Waals surface area contributed by atoms with Gasteiger partial charge in [-0.3, -0.25) is 14.9 Å². The Morgan fingerprint density at radius 3 is 2.30 bits per heavy atom. The zero-order valence-corrected chi connectivity index (χ0v) is 17.6. The molecule has 2 aliphatic rings. The number of piperazine rings is 1. The van der Waals surface area contributed by atoms with Gasteiger partial charge in [0.25, 0.3) is 5.69 Å². The largest absolute Gasteiger partial charge is 0.340 e. The molecule has 10 heteroatoms. The van der Waals surface area contributed by atoms with Crippen LogP contribution in [-0.4, -0.2) is 54.6 Å². The maximum Gasteiger partial charge on any atom is 0.289 e. The Morgan fingerprint density at radius 1 is 1.03 bits per heavy atom. The Balaban J connectivity index is 1.40. The predicted octanol–water partition coefficient (Wildman–Crippen LogP) is 2.88. The number of hydrogen-bond acceptors (Lipinski definition) is 5. The van der Waals surface area contributed by atoms with Crippen molar-refractivity contribution in [3.05, 3.63) is 69.2 Å². The van der Waals surface area contributed by atoms with Crippen LogP contribution < -0.4 is 0 Å². The summed E-state index contributed by atoms with van der Waals surface area (Å²) in [6.07, 6.45) is 0.773. The van der Waals surface area contributed by atoms with Gasteiger partial charge in [-0.05, 0) is 36.1 Å². The number of nitro benzene ring substituents is 1. The van der Waals surface area contributed by atoms with Crippen molar-refractivity contribution in [3.63, 3.8) is 0 Å². The van der Waals surface area contributed by atoms with Crippen molar-refractivity contribution in [3.8, 4) is 0 Å². The molecule has 1 aliphatic heterocycles. The van der Waals surface area contributed by atoms with E-state index in [0.717, 1.165) is 12.0 Å². The highest BCUT2D eigenvalue weighted by Gasteiger charge is 2.46. The summed E-state index contributed by atoms with van der Waals surface area (Å²) in [5, 5.41) is 11.9. The average molecular weight is 450 g/mol. The molecule has 2 aromatic rings. The molecule has 0 N–H and O–H groups in total. The molecule has 2 unspecified atom stereocenters. The summed E-state index contributed by atoms with van der Waals surface area (Å²) in [6.45, 7) is 0.752. The molecule has 2 atom stereocenters. The topological polar surface area (TPSA) is 101 Å². The summed E-state index contributed by atoms with van der Waals surface area (Å²) in [4.78, 5) is 24.7. The second-order valence-electron chi connectivity index (χ2n) is 7.45. The van der Waals surface area contributed by atoms with Crippen LogP contribution in [0.5, 0.6) is 0 Å². The third-order valence-electron chi connectivity index (χ3n) is 5.64. The zero-order chi connectivity index (χ0) is 21.5. The van der Waals surface area contributed by atoms with Gasteiger partial charge in [0.15, 0.2) is 4.90 Å².